The van der Waals surface area contributed by atoms with Crippen molar-refractivity contribution in [2.24, 2.45) is 11.1 Å². The minimum Gasteiger partial charge on any atom is -0.396 e. The van der Waals surface area contributed by atoms with Crippen LogP contribution in [0.1, 0.15) is 69.2 Å². The monoisotopic (exact) mass is 656 g/mol. The van der Waals surface area contributed by atoms with E-state index in [1.165, 1.54) is 38.8 Å². The van der Waals surface area contributed by atoms with Gasteiger partial charge in [0.2, 0.25) is 10.0 Å². The Kier molecular flexibility index (Phi) is 8.94. The lowest BCUT2D eigenvalue weighted by atomic mass is 9.91. The molecule has 1 saturated carbocycles. The third-order valence-corrected chi connectivity index (χ3v) is 12.0. The molecular formula is C32H40F2N7O4S. The summed E-state index contributed by atoms with van der Waals surface area (Å²) < 4.78 is 57.2. The molecule has 3 aliphatic rings. The van der Waals surface area contributed by atoms with Crippen molar-refractivity contribution in [3.8, 4) is 11.3 Å². The molecule has 1 amide bonds. The van der Waals surface area contributed by atoms with Crippen molar-refractivity contribution in [2.75, 3.05) is 47.3 Å². The van der Waals surface area contributed by atoms with Crippen LogP contribution in [-0.2, 0) is 10.0 Å². The summed E-state index contributed by atoms with van der Waals surface area (Å²) in [6.45, 7) is 4.21. The normalized spacial score (nSPS) is 19.2. The molecular weight excluding hydrogens is 616 g/mol. The number of pyridine rings is 2. The van der Waals surface area contributed by atoms with Gasteiger partial charge in [0.05, 0.1) is 27.4 Å². The number of anilines is 3. The third kappa shape index (κ3) is 6.34. The molecule has 2 aromatic heterocycles. The van der Waals surface area contributed by atoms with E-state index in [9.17, 15) is 27.1 Å². The fraction of sp³-hybridized carbons (Fsp3) is 0.531. The molecule has 2 saturated heterocycles. The molecule has 0 atom stereocenters. The lowest BCUT2D eigenvalue weighted by Crippen LogP contribution is -2.40. The summed E-state index contributed by atoms with van der Waals surface area (Å²) in [5.41, 5.74) is 8.50. The van der Waals surface area contributed by atoms with Gasteiger partial charge in [0.1, 0.15) is 5.52 Å². The molecule has 11 nitrogen and oxygen atoms in total. The highest BCUT2D eigenvalue weighted by Gasteiger charge is 2.45. The first-order chi connectivity index (χ1) is 21.2. The van der Waals surface area contributed by atoms with Crippen LogP contribution in [0, 0.1) is 5.41 Å². The molecule has 3 aromatic rings. The van der Waals surface area contributed by atoms with E-state index in [4.69, 9.17) is 10.7 Å². The highest BCUT2D eigenvalue weighted by Crippen LogP contribution is 2.55. The van der Waals surface area contributed by atoms with Gasteiger partial charge in [0, 0.05) is 68.9 Å². The maximum Gasteiger partial charge on any atom is 0.251 e. The zero-order valence-electron chi connectivity index (χ0n) is 26.1. The minimum absolute atomic E-state index is 0. The summed E-state index contributed by atoms with van der Waals surface area (Å²) in [5, 5.41) is 10.3. The Balaban J connectivity index is 0.00000417. The molecule has 0 unspecified atom stereocenters. The Morgan fingerprint density at radius 1 is 1.04 bits per heavy atom. The van der Waals surface area contributed by atoms with Gasteiger partial charge in [0.25, 0.3) is 11.8 Å². The summed E-state index contributed by atoms with van der Waals surface area (Å²) in [6, 6.07) is 8.46. The number of carbonyl (C=O) groups is 1. The molecule has 3 radical (unpaired) electrons. The van der Waals surface area contributed by atoms with Gasteiger partial charge in [0.15, 0.2) is 5.82 Å². The fourth-order valence-electron chi connectivity index (χ4n) is 6.49. The molecule has 4 heterocycles. The molecule has 6 rings (SSSR count). The number of nitrogens with zero attached hydrogens (tertiary/aromatic N) is 5. The van der Waals surface area contributed by atoms with E-state index in [0.717, 1.165) is 12.8 Å². The summed E-state index contributed by atoms with van der Waals surface area (Å²) in [4.78, 5) is 26.3. The summed E-state index contributed by atoms with van der Waals surface area (Å²) >= 11 is 0. The number of aliphatic hydroxyl groups is 1. The number of nitrogens with two attached hydrogens (primary N) is 1. The van der Waals surface area contributed by atoms with Crippen molar-refractivity contribution in [1.29, 1.82) is 0 Å². The molecule has 1 spiro atoms. The number of primary amides is 1. The molecule has 2 aliphatic heterocycles. The van der Waals surface area contributed by atoms with Crippen LogP contribution in [0.5, 0.6) is 0 Å². The number of piperidine rings is 2. The number of benzene rings is 1. The minimum atomic E-state index is -4.06. The van der Waals surface area contributed by atoms with E-state index in [1.54, 1.807) is 23.2 Å². The number of hydrogen-bond acceptors (Lipinski definition) is 8. The van der Waals surface area contributed by atoms with Gasteiger partial charge in [-0.3, -0.25) is 14.5 Å². The van der Waals surface area contributed by atoms with Gasteiger partial charge in [-0.1, -0.05) is 6.07 Å². The maximum absolute atomic E-state index is 14.2. The molecule has 14 heteroatoms. The topological polar surface area (TPSA) is 172 Å². The van der Waals surface area contributed by atoms with Crippen LogP contribution in [0.2, 0.25) is 0 Å². The number of aliphatic hydroxyl groups excluding tert-OH is 1. The molecule has 0 bridgehead atoms. The van der Waals surface area contributed by atoms with Crippen LogP contribution in [0.25, 0.3) is 22.2 Å². The molecule has 4 N–H and O–H groups in total. The van der Waals surface area contributed by atoms with Crippen molar-refractivity contribution < 1.29 is 27.1 Å². The van der Waals surface area contributed by atoms with Crippen LogP contribution >= 0.6 is 0 Å². The summed E-state index contributed by atoms with van der Waals surface area (Å²) in [5.74, 6) is -3.01. The molecule has 1 aliphatic carbocycles. The van der Waals surface area contributed by atoms with Crippen molar-refractivity contribution in [3.63, 3.8) is 0 Å². The summed E-state index contributed by atoms with van der Waals surface area (Å²) in [6.07, 6.45) is 5.20. The maximum atomic E-state index is 14.2. The van der Waals surface area contributed by atoms with Crippen LogP contribution in [0.15, 0.2) is 36.5 Å². The Morgan fingerprint density at radius 2 is 1.70 bits per heavy atom. The number of nitrogens with one attached hydrogen (secondary N) is 1. The second-order valence-corrected chi connectivity index (χ2v) is 15.6. The summed E-state index contributed by atoms with van der Waals surface area (Å²) in [7, 11) is -4.06. The number of amides is 1. The number of halogens is 2. The first-order valence-corrected chi connectivity index (χ1v) is 17.0. The number of hydrogen-bond donors (Lipinski definition) is 3. The van der Waals surface area contributed by atoms with Crippen molar-refractivity contribution >= 4 is 44.0 Å². The van der Waals surface area contributed by atoms with E-state index in [0.29, 0.717) is 52.2 Å². The van der Waals surface area contributed by atoms with Gasteiger partial charge >= 0.3 is 0 Å². The van der Waals surface area contributed by atoms with Gasteiger partial charge in [-0.2, -0.15) is 0 Å². The number of rotatable bonds is 9. The smallest absolute Gasteiger partial charge is 0.251 e. The second-order valence-electron chi connectivity index (χ2n) is 13.3. The molecule has 3 fully saturated rings. The van der Waals surface area contributed by atoms with Gasteiger partial charge in [-0.05, 0) is 75.6 Å². The first-order valence-electron chi connectivity index (χ1n) is 15.5. The van der Waals surface area contributed by atoms with Crippen LogP contribution in [0.3, 0.4) is 0 Å². The number of fused-ring (bicyclic) bond motifs is 1. The molecule has 247 valence electrons. The largest absolute Gasteiger partial charge is 0.396 e. The number of sulfonamides is 1. The average Bonchev–Trinajstić information content (AvgIpc) is 3.75. The van der Waals surface area contributed by atoms with Gasteiger partial charge < -0.3 is 20.6 Å². The molecule has 1 aromatic carbocycles. The quantitative estimate of drug-likeness (QED) is 0.303. The first kappa shape index (κ1) is 33.7. The van der Waals surface area contributed by atoms with E-state index >= 15 is 0 Å². The van der Waals surface area contributed by atoms with Crippen molar-refractivity contribution in [1.82, 2.24) is 16.1 Å². The Labute approximate surface area is 268 Å². The van der Waals surface area contributed by atoms with E-state index < -0.39 is 26.6 Å². The number of alkyl halides is 2. The second kappa shape index (κ2) is 12.2. The van der Waals surface area contributed by atoms with E-state index in [-0.39, 0.29) is 56.4 Å². The van der Waals surface area contributed by atoms with Crippen LogP contribution in [0.4, 0.5) is 26.0 Å². The van der Waals surface area contributed by atoms with Crippen LogP contribution < -0.4 is 26.4 Å². The third-order valence-electron chi connectivity index (χ3n) is 9.85. The Hall–Kier alpha value is -3.62. The highest BCUT2D eigenvalue weighted by atomic mass is 32.2. The van der Waals surface area contributed by atoms with E-state index in [1.807, 2.05) is 6.07 Å². The lowest BCUT2D eigenvalue weighted by Gasteiger charge is -2.37. The SMILES string of the molecule is CC(C)(CCO)S(=O)(=O)Nc1ccc(C(N)=O)c(N2CCC3(CC2)CC3)c1-c1cc2cccnc2c(N2CCC(F)(F)CC2)n1.[N]. The predicted molar refractivity (Wildman–Crippen MR) is 173 cm³/mol. The Bertz CT molecular complexity index is 1730. The fourth-order valence-corrected chi connectivity index (χ4v) is 7.59. The van der Waals surface area contributed by atoms with E-state index in [2.05, 4.69) is 14.6 Å². The number of carbonyl (C=O) groups excluding carboxylic acids is 1. The van der Waals surface area contributed by atoms with Crippen molar-refractivity contribution in [3.05, 3.63) is 42.1 Å². The number of aromatic nitrogens is 2. The van der Waals surface area contributed by atoms with Crippen LogP contribution in [-0.4, -0.2) is 72.9 Å². The molecule has 46 heavy (non-hydrogen) atoms. The highest BCUT2D eigenvalue weighted by molar-refractivity contribution is 7.94. The Morgan fingerprint density at radius 3 is 2.30 bits per heavy atom. The van der Waals surface area contributed by atoms with Gasteiger partial charge in [-0.15, -0.1) is 0 Å². The standard InChI is InChI=1S/C32H40F2N6O4S.N/c1-30(2,13-19-41)45(43,44)38-23-6-5-22(28(35)42)27(39-15-9-31(7-8-31)10-16-39)25(23)24-20-21-4-3-14-36-26(21)29(37-24)40-17-11-32(33,34)12-18-40;/h3-6,14,20,38,41H,7-13,15-19H2,1-2H3,(H2,35,42);. The zero-order valence-corrected chi connectivity index (χ0v) is 26.9. The van der Waals surface area contributed by atoms with Gasteiger partial charge in [-0.25, -0.2) is 22.2 Å². The van der Waals surface area contributed by atoms with Crippen molar-refractivity contribution in [2.45, 2.75) is 69.5 Å². The predicted octanol–water partition coefficient (Wildman–Crippen LogP) is 4.43. The average molecular weight is 657 g/mol. The zero-order chi connectivity index (χ0) is 32.2. The lowest BCUT2D eigenvalue weighted by molar-refractivity contribution is -0.0221.